The van der Waals surface area contributed by atoms with Crippen LogP contribution in [0.4, 0.5) is 17.1 Å². The fourth-order valence-corrected chi connectivity index (χ4v) is 4.36. The number of nitrogens with zero attached hydrogens (tertiary/aromatic N) is 1. The molecule has 0 aliphatic heterocycles. The Labute approximate surface area is 174 Å². The number of hydrogen-bond donors (Lipinski definition) is 3. The average Bonchev–Trinajstić information content (AvgIpc) is 2.69. The first-order valence-corrected chi connectivity index (χ1v) is 10.7. The predicted octanol–water partition coefficient (Wildman–Crippen LogP) is 1.09. The van der Waals surface area contributed by atoms with Gasteiger partial charge in [0.1, 0.15) is 0 Å². The summed E-state index contributed by atoms with van der Waals surface area (Å²) < 4.78 is 19.2. The van der Waals surface area contributed by atoms with Crippen molar-refractivity contribution in [1.82, 2.24) is 4.47 Å². The number of halogens is 1. The Balaban J connectivity index is 2.40. The third-order valence-electron chi connectivity index (χ3n) is 4.21. The number of aromatic hydroxyl groups is 1. The summed E-state index contributed by atoms with van der Waals surface area (Å²) in [5, 5.41) is 16.3. The molecule has 3 N–H and O–H groups in total. The van der Waals surface area contributed by atoms with E-state index in [1.807, 2.05) is 6.92 Å². The van der Waals surface area contributed by atoms with Gasteiger partial charge in [-0.25, -0.2) is 0 Å². The maximum atomic E-state index is 13.0. The van der Waals surface area contributed by atoms with E-state index in [9.17, 15) is 18.9 Å². The molecule has 0 amide bonds. The minimum atomic E-state index is -3.28. The van der Waals surface area contributed by atoms with E-state index in [2.05, 4.69) is 17.4 Å². The molecule has 2 aromatic rings. The van der Waals surface area contributed by atoms with Gasteiger partial charge < -0.3 is 0 Å². The van der Waals surface area contributed by atoms with Gasteiger partial charge in [0, 0.05) is 0 Å². The van der Waals surface area contributed by atoms with Crippen LogP contribution in [0.1, 0.15) is 13.8 Å². The van der Waals surface area contributed by atoms with Gasteiger partial charge in [-0.1, -0.05) is 0 Å². The Morgan fingerprint density at radius 1 is 1.31 bits per heavy atom. The SMILES string of the molecule is B=S(=O)(c1c(Cl)ccc(Nc2c(N[C@@H](C)COCC)c(=O)c2=O)c1O)N(C)OC. The first-order valence-electron chi connectivity index (χ1n) is 8.67. The van der Waals surface area contributed by atoms with E-state index in [4.69, 9.17) is 21.2 Å². The fraction of sp³-hybridized carbons (Fsp3) is 0.412. The van der Waals surface area contributed by atoms with E-state index >= 15 is 0 Å². The molecule has 0 spiro atoms. The molecule has 2 atom stereocenters. The van der Waals surface area contributed by atoms with Crippen molar-refractivity contribution in [3.05, 3.63) is 37.6 Å². The third-order valence-corrected chi connectivity index (χ3v) is 6.67. The Hall–Kier alpha value is -1.92. The van der Waals surface area contributed by atoms with Gasteiger partial charge >= 0.3 is 168 Å². The Bertz CT molecular complexity index is 1070. The van der Waals surface area contributed by atoms with Crippen molar-refractivity contribution in [2.24, 2.45) is 0 Å². The van der Waals surface area contributed by atoms with E-state index in [-0.39, 0.29) is 33.0 Å². The summed E-state index contributed by atoms with van der Waals surface area (Å²) in [6.07, 6.45) is 0. The number of ether oxygens (including phenoxy) is 1. The summed E-state index contributed by atoms with van der Waals surface area (Å²) in [6.45, 7) is 8.10. The summed E-state index contributed by atoms with van der Waals surface area (Å²) in [5.74, 6) is -0.470. The molecule has 0 saturated heterocycles. The van der Waals surface area contributed by atoms with E-state index in [0.717, 1.165) is 4.47 Å². The number of rotatable bonds is 10. The molecular formula is C17H23BClN3O6S. The molecule has 0 aromatic heterocycles. The van der Waals surface area contributed by atoms with Crippen LogP contribution in [0.5, 0.6) is 5.75 Å². The molecule has 0 bridgehead atoms. The topological polar surface area (TPSA) is 117 Å². The van der Waals surface area contributed by atoms with Gasteiger partial charge in [-0.15, -0.1) is 0 Å². The average molecular weight is 444 g/mol. The van der Waals surface area contributed by atoms with Crippen molar-refractivity contribution in [3.8, 4) is 5.75 Å². The predicted molar refractivity (Wildman–Crippen MR) is 116 cm³/mol. The molecule has 0 saturated carbocycles. The molecular weight excluding hydrogens is 421 g/mol. The number of hydroxylamine groups is 1. The van der Waals surface area contributed by atoms with Crippen molar-refractivity contribution >= 4 is 44.9 Å². The second-order valence-electron chi connectivity index (χ2n) is 6.27. The van der Waals surface area contributed by atoms with Crippen molar-refractivity contribution < 1.29 is 18.9 Å². The number of phenols is 1. The molecule has 0 radical (unpaired) electrons. The molecule has 0 heterocycles. The van der Waals surface area contributed by atoms with Crippen LogP contribution in [-0.2, 0) is 19.1 Å². The Morgan fingerprint density at radius 3 is 2.52 bits per heavy atom. The summed E-state index contributed by atoms with van der Waals surface area (Å²) in [6, 6.07) is 2.57. The summed E-state index contributed by atoms with van der Waals surface area (Å²) in [4.78, 5) is 28.8. The normalized spacial score (nSPS) is 14.7. The maximum absolute atomic E-state index is 13.0. The van der Waals surface area contributed by atoms with Crippen LogP contribution in [0, 0.1) is 0 Å². The molecule has 29 heavy (non-hydrogen) atoms. The van der Waals surface area contributed by atoms with Gasteiger partial charge in [0.2, 0.25) is 0 Å². The quantitative estimate of drug-likeness (QED) is 0.216. The minimum absolute atomic E-state index is 0.00521. The molecule has 0 aliphatic rings. The van der Waals surface area contributed by atoms with Gasteiger partial charge in [-0.05, 0) is 6.92 Å². The number of hydrogen-bond acceptors (Lipinski definition) is 8. The zero-order chi connectivity index (χ0) is 21.9. The van der Waals surface area contributed by atoms with Gasteiger partial charge in [0.05, 0.1) is 0 Å². The molecule has 9 nitrogen and oxygen atoms in total. The van der Waals surface area contributed by atoms with Crippen LogP contribution in [0.3, 0.4) is 0 Å². The van der Waals surface area contributed by atoms with Gasteiger partial charge in [0.25, 0.3) is 0 Å². The zero-order valence-corrected chi connectivity index (χ0v) is 18.1. The Morgan fingerprint density at radius 2 is 1.93 bits per heavy atom. The fourth-order valence-electron chi connectivity index (χ4n) is 2.57. The van der Waals surface area contributed by atoms with Crippen LogP contribution in [-0.4, -0.2) is 53.9 Å². The summed E-state index contributed by atoms with van der Waals surface area (Å²) in [7, 11) is -0.602. The first kappa shape index (κ1) is 23.4. The first-order chi connectivity index (χ1) is 13.6. The van der Waals surface area contributed by atoms with Crippen molar-refractivity contribution in [1.29, 1.82) is 0 Å². The summed E-state index contributed by atoms with van der Waals surface area (Å²) in [5.41, 5.74) is -1.31. The molecule has 0 fully saturated rings. The van der Waals surface area contributed by atoms with E-state index in [0.29, 0.717) is 13.2 Å². The van der Waals surface area contributed by atoms with Gasteiger partial charge in [0.15, 0.2) is 0 Å². The van der Waals surface area contributed by atoms with Gasteiger partial charge in [-0.3, -0.25) is 0 Å². The second-order valence-corrected chi connectivity index (χ2v) is 8.88. The number of benzene rings is 1. The zero-order valence-electron chi connectivity index (χ0n) is 16.6. The molecule has 2 aromatic carbocycles. The second kappa shape index (κ2) is 9.27. The third kappa shape index (κ3) is 4.64. The molecule has 1 unspecified atom stereocenters. The van der Waals surface area contributed by atoms with Crippen LogP contribution in [0.15, 0.2) is 26.6 Å². The van der Waals surface area contributed by atoms with Crippen molar-refractivity contribution in [2.45, 2.75) is 24.8 Å². The molecule has 0 aliphatic carbocycles. The van der Waals surface area contributed by atoms with Crippen LogP contribution in [0.25, 0.3) is 0 Å². The molecule has 2 rings (SSSR count). The standard InChI is InChI=1S/C17H23BClN3O6S/c1-5-28-8-9(2)20-12-13(16(25)15(12)24)21-11-7-6-10(19)17(14(11)23)29(18,26)22(3)27-4/h6-7,9,18,20-21,23H,5,8H2,1-4H3/t9-,29?/m0/s1. The molecule has 158 valence electrons. The number of phenolic OH excluding ortho intramolecular Hbond substituents is 1. The van der Waals surface area contributed by atoms with Crippen molar-refractivity contribution in [2.75, 3.05) is 38.0 Å². The van der Waals surface area contributed by atoms with Crippen molar-refractivity contribution in [3.63, 3.8) is 0 Å². The Kier molecular flexibility index (Phi) is 7.47. The van der Waals surface area contributed by atoms with E-state index < -0.39 is 26.2 Å². The number of nitrogens with one attached hydrogen (secondary N) is 2. The van der Waals surface area contributed by atoms with E-state index in [1.165, 1.54) is 26.3 Å². The van der Waals surface area contributed by atoms with E-state index in [1.54, 1.807) is 6.92 Å². The monoisotopic (exact) mass is 443 g/mol. The van der Waals surface area contributed by atoms with Crippen LogP contribution >= 0.6 is 11.6 Å². The molecule has 12 heteroatoms. The van der Waals surface area contributed by atoms with Crippen LogP contribution < -0.4 is 21.5 Å². The van der Waals surface area contributed by atoms with Crippen LogP contribution in [0.2, 0.25) is 5.02 Å². The number of anilines is 3. The van der Waals surface area contributed by atoms with Gasteiger partial charge in [-0.2, -0.15) is 0 Å². The summed E-state index contributed by atoms with van der Waals surface area (Å²) >= 11 is 6.12.